The predicted octanol–water partition coefficient (Wildman–Crippen LogP) is 2.03. The van der Waals surface area contributed by atoms with Crippen molar-refractivity contribution in [2.24, 2.45) is 5.73 Å². The first kappa shape index (κ1) is 11.3. The third-order valence-corrected chi connectivity index (χ3v) is 2.44. The van der Waals surface area contributed by atoms with E-state index in [1.165, 1.54) is 6.07 Å². The zero-order valence-electron chi connectivity index (χ0n) is 7.22. The molecule has 0 saturated heterocycles. The van der Waals surface area contributed by atoms with Crippen molar-refractivity contribution in [2.45, 2.75) is 13.3 Å². The van der Waals surface area contributed by atoms with Gasteiger partial charge in [0.2, 0.25) is 0 Å². The maximum absolute atomic E-state index is 12.3. The Morgan fingerprint density at radius 3 is 2.57 bits per heavy atom. The number of carbonyl (C=O) groups is 1. The summed E-state index contributed by atoms with van der Waals surface area (Å²) in [6.07, 6.45) is -2.64. The first-order valence-corrected chi connectivity index (χ1v) is 4.76. The molecule has 0 fully saturated rings. The fourth-order valence-electron chi connectivity index (χ4n) is 1.07. The predicted molar refractivity (Wildman–Crippen MR) is 55.2 cm³/mol. The third kappa shape index (κ3) is 2.17. The van der Waals surface area contributed by atoms with E-state index in [0.717, 1.165) is 0 Å². The second-order valence-electron chi connectivity index (χ2n) is 2.69. The molecule has 1 aromatic rings. The molecular formula is C8H7F2IN2O. The largest absolute Gasteiger partial charge is 0.366 e. The second-order valence-corrected chi connectivity index (χ2v) is 3.72. The third-order valence-electron chi connectivity index (χ3n) is 1.66. The van der Waals surface area contributed by atoms with Crippen LogP contribution in [0.5, 0.6) is 0 Å². The first-order chi connectivity index (χ1) is 6.43. The molecule has 0 atom stereocenters. The lowest BCUT2D eigenvalue weighted by atomic mass is 10.1. The molecule has 1 amide bonds. The zero-order valence-corrected chi connectivity index (χ0v) is 9.38. The summed E-state index contributed by atoms with van der Waals surface area (Å²) < 4.78 is 24.8. The van der Waals surface area contributed by atoms with Gasteiger partial charge in [0.05, 0.1) is 5.56 Å². The molecule has 3 nitrogen and oxygen atoms in total. The van der Waals surface area contributed by atoms with Crippen LogP contribution in [0.4, 0.5) is 8.78 Å². The van der Waals surface area contributed by atoms with Crippen molar-refractivity contribution in [3.05, 3.63) is 26.6 Å². The number of amides is 1. The fourth-order valence-corrected chi connectivity index (χ4v) is 2.04. The molecule has 1 heterocycles. The molecule has 1 rings (SSSR count). The second kappa shape index (κ2) is 4.16. The molecular weight excluding hydrogens is 305 g/mol. The lowest BCUT2D eigenvalue weighted by molar-refractivity contribution is 0.0997. The standard InChI is InChI=1S/C8H7F2IN2O/c1-3-2-4(6(9)10)13-7(11)5(3)8(12)14/h2,6H,1H3,(H2,12,14). The van der Waals surface area contributed by atoms with Gasteiger partial charge >= 0.3 is 0 Å². The maximum atomic E-state index is 12.3. The molecule has 6 heteroatoms. The SMILES string of the molecule is Cc1cc(C(F)F)nc(I)c1C(N)=O. The Labute approximate surface area is 92.8 Å². The average molecular weight is 312 g/mol. The minimum atomic E-state index is -2.64. The maximum Gasteiger partial charge on any atom is 0.280 e. The van der Waals surface area contributed by atoms with Crippen LogP contribution in [0.25, 0.3) is 0 Å². The van der Waals surface area contributed by atoms with Crippen molar-refractivity contribution < 1.29 is 13.6 Å². The number of aryl methyl sites for hydroxylation is 1. The van der Waals surface area contributed by atoms with Crippen molar-refractivity contribution in [3.63, 3.8) is 0 Å². The molecule has 0 bridgehead atoms. The van der Waals surface area contributed by atoms with Crippen LogP contribution in [-0.4, -0.2) is 10.9 Å². The van der Waals surface area contributed by atoms with Crippen LogP contribution >= 0.6 is 22.6 Å². The van der Waals surface area contributed by atoms with E-state index in [1.807, 2.05) is 0 Å². The van der Waals surface area contributed by atoms with Gasteiger partial charge in [0, 0.05) is 0 Å². The van der Waals surface area contributed by atoms with E-state index in [4.69, 9.17) is 5.73 Å². The van der Waals surface area contributed by atoms with Gasteiger partial charge in [-0.1, -0.05) is 0 Å². The summed E-state index contributed by atoms with van der Waals surface area (Å²) in [4.78, 5) is 14.5. The van der Waals surface area contributed by atoms with Gasteiger partial charge < -0.3 is 5.73 Å². The Hall–Kier alpha value is -0.790. The molecule has 0 aliphatic carbocycles. The number of nitrogens with zero attached hydrogens (tertiary/aromatic N) is 1. The number of carbonyl (C=O) groups excluding carboxylic acids is 1. The summed E-state index contributed by atoms with van der Waals surface area (Å²) in [6.45, 7) is 1.55. The van der Waals surface area contributed by atoms with E-state index in [9.17, 15) is 13.6 Å². The topological polar surface area (TPSA) is 56.0 Å². The Morgan fingerprint density at radius 1 is 1.64 bits per heavy atom. The van der Waals surface area contributed by atoms with Gasteiger partial charge in [0.25, 0.3) is 12.3 Å². The summed E-state index contributed by atoms with van der Waals surface area (Å²) in [7, 11) is 0. The number of nitrogens with two attached hydrogens (primary N) is 1. The molecule has 0 aliphatic rings. The van der Waals surface area contributed by atoms with E-state index in [0.29, 0.717) is 5.56 Å². The Kier molecular flexibility index (Phi) is 3.35. The van der Waals surface area contributed by atoms with Crippen molar-refractivity contribution in [1.82, 2.24) is 4.98 Å². The molecule has 0 spiro atoms. The molecule has 0 aromatic carbocycles. The van der Waals surface area contributed by atoms with E-state index in [1.54, 1.807) is 29.5 Å². The highest BCUT2D eigenvalue weighted by Gasteiger charge is 2.16. The van der Waals surface area contributed by atoms with Crippen molar-refractivity contribution >= 4 is 28.5 Å². The highest BCUT2D eigenvalue weighted by atomic mass is 127. The zero-order chi connectivity index (χ0) is 10.9. The van der Waals surface area contributed by atoms with Gasteiger partial charge in [-0.05, 0) is 41.1 Å². The number of pyridine rings is 1. The van der Waals surface area contributed by atoms with E-state index >= 15 is 0 Å². The van der Waals surface area contributed by atoms with Crippen LogP contribution < -0.4 is 5.73 Å². The molecule has 14 heavy (non-hydrogen) atoms. The highest BCUT2D eigenvalue weighted by Crippen LogP contribution is 2.22. The average Bonchev–Trinajstić information content (AvgIpc) is 2.01. The van der Waals surface area contributed by atoms with Crippen LogP contribution in [0.15, 0.2) is 6.07 Å². The van der Waals surface area contributed by atoms with E-state index < -0.39 is 12.3 Å². The van der Waals surface area contributed by atoms with Crippen molar-refractivity contribution in [2.75, 3.05) is 0 Å². The van der Waals surface area contributed by atoms with Gasteiger partial charge in [0.1, 0.15) is 9.39 Å². The number of aromatic nitrogens is 1. The van der Waals surface area contributed by atoms with E-state index in [-0.39, 0.29) is 15.0 Å². The molecule has 0 aliphatic heterocycles. The quantitative estimate of drug-likeness (QED) is 0.671. The number of alkyl halides is 2. The van der Waals surface area contributed by atoms with Crippen LogP contribution in [0, 0.1) is 10.6 Å². The lowest BCUT2D eigenvalue weighted by Crippen LogP contribution is -2.16. The summed E-state index contributed by atoms with van der Waals surface area (Å²) in [6, 6.07) is 1.17. The molecule has 76 valence electrons. The highest BCUT2D eigenvalue weighted by molar-refractivity contribution is 14.1. The molecule has 1 aromatic heterocycles. The van der Waals surface area contributed by atoms with Gasteiger partial charge in [0.15, 0.2) is 0 Å². The monoisotopic (exact) mass is 312 g/mol. The number of hydrogen-bond donors (Lipinski definition) is 1. The minimum Gasteiger partial charge on any atom is -0.366 e. The van der Waals surface area contributed by atoms with Crippen LogP contribution in [-0.2, 0) is 0 Å². The van der Waals surface area contributed by atoms with Crippen LogP contribution in [0.3, 0.4) is 0 Å². The van der Waals surface area contributed by atoms with Gasteiger partial charge in [-0.2, -0.15) is 0 Å². The van der Waals surface area contributed by atoms with Crippen molar-refractivity contribution in [1.29, 1.82) is 0 Å². The van der Waals surface area contributed by atoms with Crippen LogP contribution in [0.1, 0.15) is 28.0 Å². The van der Waals surface area contributed by atoms with E-state index in [2.05, 4.69) is 4.98 Å². The smallest absolute Gasteiger partial charge is 0.280 e. The summed E-state index contributed by atoms with van der Waals surface area (Å²) in [5.41, 5.74) is 5.36. The van der Waals surface area contributed by atoms with Gasteiger partial charge in [-0.15, -0.1) is 0 Å². The molecule has 0 unspecified atom stereocenters. The Bertz CT molecular complexity index is 359. The Balaban J connectivity index is 3.32. The minimum absolute atomic E-state index is 0.204. The molecule has 0 radical (unpaired) electrons. The number of halogens is 3. The molecule has 0 saturated carbocycles. The van der Waals surface area contributed by atoms with Gasteiger partial charge in [-0.25, -0.2) is 13.8 Å². The normalized spacial score (nSPS) is 10.6. The fraction of sp³-hybridized carbons (Fsp3) is 0.250. The van der Waals surface area contributed by atoms with Crippen LogP contribution in [0.2, 0.25) is 0 Å². The number of hydrogen-bond acceptors (Lipinski definition) is 2. The summed E-state index contributed by atoms with van der Waals surface area (Å²) in [5, 5.41) is 0. The first-order valence-electron chi connectivity index (χ1n) is 3.68. The van der Waals surface area contributed by atoms with Crippen molar-refractivity contribution in [3.8, 4) is 0 Å². The summed E-state index contributed by atoms with van der Waals surface area (Å²) in [5.74, 6) is -0.653. The summed E-state index contributed by atoms with van der Waals surface area (Å²) >= 11 is 1.71. The van der Waals surface area contributed by atoms with Gasteiger partial charge in [-0.3, -0.25) is 4.79 Å². The lowest BCUT2D eigenvalue weighted by Gasteiger charge is -2.06. The Morgan fingerprint density at radius 2 is 2.21 bits per heavy atom. The number of rotatable bonds is 2. The number of primary amides is 1. The molecule has 2 N–H and O–H groups in total.